The van der Waals surface area contributed by atoms with Crippen LogP contribution in [0.1, 0.15) is 42.9 Å². The number of hydrogen-bond donors (Lipinski definition) is 0. The summed E-state index contributed by atoms with van der Waals surface area (Å²) in [5.41, 5.74) is 5.08. The van der Waals surface area contributed by atoms with Crippen molar-refractivity contribution in [3.8, 4) is 5.75 Å². The smallest absolute Gasteiger partial charge is 0.127 e. The van der Waals surface area contributed by atoms with Gasteiger partial charge in [0, 0.05) is 11.6 Å². The maximum absolute atomic E-state index is 6.06. The van der Waals surface area contributed by atoms with Crippen LogP contribution in [0.2, 0.25) is 0 Å². The topological polar surface area (TPSA) is 12.5 Å². The van der Waals surface area contributed by atoms with Gasteiger partial charge in [0.15, 0.2) is 0 Å². The van der Waals surface area contributed by atoms with Crippen molar-refractivity contribution >= 4 is 5.57 Å². The molecular formula is C22H27NO. The summed E-state index contributed by atoms with van der Waals surface area (Å²) in [6, 6.07) is 17.6. The van der Waals surface area contributed by atoms with E-state index in [2.05, 4.69) is 74.5 Å². The van der Waals surface area contributed by atoms with Gasteiger partial charge in [-0.05, 0) is 49.7 Å². The lowest BCUT2D eigenvalue weighted by Crippen LogP contribution is -2.27. The Bertz CT molecular complexity index is 668. The molecule has 24 heavy (non-hydrogen) atoms. The molecule has 0 aliphatic carbocycles. The first-order chi connectivity index (χ1) is 11.7. The van der Waals surface area contributed by atoms with E-state index in [1.807, 2.05) is 6.07 Å². The molecule has 0 aromatic heterocycles. The van der Waals surface area contributed by atoms with Crippen molar-refractivity contribution in [2.45, 2.75) is 38.8 Å². The zero-order chi connectivity index (χ0) is 16.9. The predicted octanol–water partition coefficient (Wildman–Crippen LogP) is 5.13. The van der Waals surface area contributed by atoms with Gasteiger partial charge in [-0.3, -0.25) is 0 Å². The summed E-state index contributed by atoms with van der Waals surface area (Å²) in [4.78, 5) is 2.34. The Labute approximate surface area is 145 Å². The highest BCUT2D eigenvalue weighted by Crippen LogP contribution is 2.37. The third kappa shape index (κ3) is 3.54. The van der Waals surface area contributed by atoms with Crippen LogP contribution in [0.5, 0.6) is 5.75 Å². The normalized spacial score (nSPS) is 16.2. The Morgan fingerprint density at radius 2 is 1.75 bits per heavy atom. The van der Waals surface area contributed by atoms with Gasteiger partial charge in [0.2, 0.25) is 0 Å². The quantitative estimate of drug-likeness (QED) is 0.757. The van der Waals surface area contributed by atoms with Crippen LogP contribution < -0.4 is 4.74 Å². The molecule has 0 N–H and O–H groups in total. The van der Waals surface area contributed by atoms with Gasteiger partial charge in [-0.2, -0.15) is 0 Å². The minimum Gasteiger partial charge on any atom is -0.488 e. The van der Waals surface area contributed by atoms with Gasteiger partial charge >= 0.3 is 0 Å². The maximum Gasteiger partial charge on any atom is 0.127 e. The van der Waals surface area contributed by atoms with E-state index in [9.17, 15) is 0 Å². The minimum atomic E-state index is 0.575. The SMILES string of the molecule is CCCC(CC=C1c2ccccc2COc2ccccc21)N(C)C. The molecule has 1 aliphatic heterocycles. The van der Waals surface area contributed by atoms with Crippen LogP contribution in [0.25, 0.3) is 5.57 Å². The molecule has 0 radical (unpaired) electrons. The van der Waals surface area contributed by atoms with Crippen molar-refractivity contribution in [1.29, 1.82) is 0 Å². The summed E-state index contributed by atoms with van der Waals surface area (Å²) in [5.74, 6) is 0.983. The first-order valence-electron chi connectivity index (χ1n) is 8.87. The lowest BCUT2D eigenvalue weighted by Gasteiger charge is -2.23. The van der Waals surface area contributed by atoms with E-state index < -0.39 is 0 Å². The van der Waals surface area contributed by atoms with E-state index in [0.29, 0.717) is 12.6 Å². The molecule has 0 saturated heterocycles. The molecule has 126 valence electrons. The molecule has 1 atom stereocenters. The number of benzene rings is 2. The molecule has 1 unspecified atom stereocenters. The Kier molecular flexibility index (Phi) is 5.37. The van der Waals surface area contributed by atoms with Crippen molar-refractivity contribution in [3.63, 3.8) is 0 Å². The highest BCUT2D eigenvalue weighted by atomic mass is 16.5. The van der Waals surface area contributed by atoms with E-state index in [0.717, 1.165) is 12.2 Å². The minimum absolute atomic E-state index is 0.575. The second-order valence-electron chi connectivity index (χ2n) is 6.70. The Balaban J connectivity index is 2.03. The second-order valence-corrected chi connectivity index (χ2v) is 6.70. The molecule has 0 amide bonds. The van der Waals surface area contributed by atoms with Crippen molar-refractivity contribution in [3.05, 3.63) is 71.3 Å². The van der Waals surface area contributed by atoms with Gasteiger partial charge < -0.3 is 9.64 Å². The van der Waals surface area contributed by atoms with E-state index in [4.69, 9.17) is 4.74 Å². The summed E-state index contributed by atoms with van der Waals surface area (Å²) in [7, 11) is 4.36. The molecule has 2 aromatic rings. The standard InChI is InChI=1S/C22H27NO/c1-4-9-18(23(2)3)14-15-20-19-11-6-5-10-17(19)16-24-22-13-8-7-12-21(20)22/h5-8,10-13,15,18H,4,9,14,16H2,1-3H3. The van der Waals surface area contributed by atoms with Gasteiger partial charge in [-0.15, -0.1) is 0 Å². The van der Waals surface area contributed by atoms with E-state index in [1.54, 1.807) is 0 Å². The number of ether oxygens (including phenoxy) is 1. The fraction of sp³-hybridized carbons (Fsp3) is 0.364. The summed E-state index contributed by atoms with van der Waals surface area (Å²) in [5, 5.41) is 0. The molecule has 0 fully saturated rings. The highest BCUT2D eigenvalue weighted by molar-refractivity contribution is 5.84. The maximum atomic E-state index is 6.06. The number of fused-ring (bicyclic) bond motifs is 2. The third-order valence-electron chi connectivity index (χ3n) is 4.81. The van der Waals surface area contributed by atoms with Crippen LogP contribution >= 0.6 is 0 Å². The van der Waals surface area contributed by atoms with Crippen molar-refractivity contribution < 1.29 is 4.74 Å². The Hall–Kier alpha value is -2.06. The van der Waals surface area contributed by atoms with Crippen molar-refractivity contribution in [1.82, 2.24) is 4.90 Å². The lowest BCUT2D eigenvalue weighted by atomic mass is 9.92. The van der Waals surface area contributed by atoms with E-state index in [-0.39, 0.29) is 0 Å². The monoisotopic (exact) mass is 321 g/mol. The first-order valence-corrected chi connectivity index (χ1v) is 8.87. The van der Waals surface area contributed by atoms with Gasteiger partial charge in [0.1, 0.15) is 12.4 Å². The molecule has 3 rings (SSSR count). The molecule has 2 heteroatoms. The molecule has 0 spiro atoms. The van der Waals surface area contributed by atoms with Gasteiger partial charge in [-0.1, -0.05) is 61.9 Å². The van der Waals surface area contributed by atoms with Gasteiger partial charge in [0.05, 0.1) is 0 Å². The van der Waals surface area contributed by atoms with Crippen molar-refractivity contribution in [2.75, 3.05) is 14.1 Å². The molecule has 0 saturated carbocycles. The Morgan fingerprint density at radius 3 is 2.50 bits per heavy atom. The summed E-state index contributed by atoms with van der Waals surface area (Å²) in [6.45, 7) is 2.89. The van der Waals surface area contributed by atoms with E-state index in [1.165, 1.54) is 35.1 Å². The third-order valence-corrected chi connectivity index (χ3v) is 4.81. The van der Waals surface area contributed by atoms with Crippen LogP contribution in [-0.2, 0) is 6.61 Å². The van der Waals surface area contributed by atoms with E-state index >= 15 is 0 Å². The average molecular weight is 321 g/mol. The molecule has 1 aliphatic rings. The number of para-hydroxylation sites is 1. The number of hydrogen-bond acceptors (Lipinski definition) is 2. The molecule has 0 bridgehead atoms. The number of rotatable bonds is 5. The van der Waals surface area contributed by atoms with Gasteiger partial charge in [-0.25, -0.2) is 0 Å². The second kappa shape index (κ2) is 7.67. The van der Waals surface area contributed by atoms with Crippen molar-refractivity contribution in [2.24, 2.45) is 0 Å². The fourth-order valence-electron chi connectivity index (χ4n) is 3.42. The zero-order valence-electron chi connectivity index (χ0n) is 15.0. The molecule has 1 heterocycles. The van der Waals surface area contributed by atoms with Crippen LogP contribution in [-0.4, -0.2) is 25.0 Å². The van der Waals surface area contributed by atoms with Crippen LogP contribution in [0.4, 0.5) is 0 Å². The molecule has 2 aromatic carbocycles. The number of nitrogens with zero attached hydrogens (tertiary/aromatic N) is 1. The Morgan fingerprint density at radius 1 is 1.04 bits per heavy atom. The van der Waals surface area contributed by atoms with Crippen LogP contribution in [0.15, 0.2) is 54.6 Å². The largest absolute Gasteiger partial charge is 0.488 e. The fourth-order valence-corrected chi connectivity index (χ4v) is 3.42. The lowest BCUT2D eigenvalue weighted by molar-refractivity contribution is 0.278. The zero-order valence-corrected chi connectivity index (χ0v) is 15.0. The first kappa shape index (κ1) is 16.8. The summed E-state index contributed by atoms with van der Waals surface area (Å²) in [6.07, 6.45) is 5.89. The average Bonchev–Trinajstić information content (AvgIpc) is 2.75. The molecular weight excluding hydrogens is 294 g/mol. The summed E-state index contributed by atoms with van der Waals surface area (Å²) < 4.78 is 6.06. The predicted molar refractivity (Wildman–Crippen MR) is 101 cm³/mol. The van der Waals surface area contributed by atoms with Gasteiger partial charge in [0.25, 0.3) is 0 Å². The van der Waals surface area contributed by atoms with Crippen LogP contribution in [0.3, 0.4) is 0 Å². The highest BCUT2D eigenvalue weighted by Gasteiger charge is 2.19. The van der Waals surface area contributed by atoms with Crippen LogP contribution in [0, 0.1) is 0 Å². The molecule has 2 nitrogen and oxygen atoms in total. The summed E-state index contributed by atoms with van der Waals surface area (Å²) >= 11 is 0.